The van der Waals surface area contributed by atoms with Crippen LogP contribution in [-0.2, 0) is 6.54 Å². The van der Waals surface area contributed by atoms with E-state index in [1.54, 1.807) is 6.07 Å². The van der Waals surface area contributed by atoms with Crippen LogP contribution in [0.25, 0.3) is 5.57 Å². The van der Waals surface area contributed by atoms with Crippen molar-refractivity contribution >= 4 is 17.2 Å². The standard InChI is InChI=1S/C13H11N7O/c1-7-2-3-9-10(6-16-13(9)21)11(7)15-5-8(4-14)12-17-19-20-18-12/h2-3,5,15H,6H2,1H3,(H,16,21)(H,17,18,19,20). The van der Waals surface area contributed by atoms with E-state index >= 15 is 0 Å². The van der Waals surface area contributed by atoms with Crippen molar-refractivity contribution in [3.05, 3.63) is 40.8 Å². The molecule has 8 heteroatoms. The van der Waals surface area contributed by atoms with Gasteiger partial charge in [-0.1, -0.05) is 6.07 Å². The molecule has 3 N–H and O–H groups in total. The summed E-state index contributed by atoms with van der Waals surface area (Å²) < 4.78 is 0. The van der Waals surface area contributed by atoms with E-state index < -0.39 is 0 Å². The molecule has 104 valence electrons. The van der Waals surface area contributed by atoms with Gasteiger partial charge in [-0.25, -0.2) is 0 Å². The molecular formula is C13H11N7O. The summed E-state index contributed by atoms with van der Waals surface area (Å²) in [5.41, 5.74) is 3.57. The van der Waals surface area contributed by atoms with Crippen LogP contribution in [0.2, 0.25) is 0 Å². The molecule has 0 atom stereocenters. The Balaban J connectivity index is 1.96. The van der Waals surface area contributed by atoms with Crippen LogP contribution in [0.1, 0.15) is 27.3 Å². The maximum absolute atomic E-state index is 11.7. The number of carbonyl (C=O) groups is 1. The third-order valence-corrected chi connectivity index (χ3v) is 3.26. The van der Waals surface area contributed by atoms with E-state index in [1.165, 1.54) is 6.20 Å². The number of tetrazole rings is 1. The smallest absolute Gasteiger partial charge is 0.251 e. The zero-order valence-electron chi connectivity index (χ0n) is 11.1. The molecule has 3 rings (SSSR count). The first kappa shape index (κ1) is 12.8. The van der Waals surface area contributed by atoms with Crippen molar-refractivity contribution in [2.45, 2.75) is 13.5 Å². The van der Waals surface area contributed by atoms with Gasteiger partial charge in [0.2, 0.25) is 5.82 Å². The summed E-state index contributed by atoms with van der Waals surface area (Å²) >= 11 is 0. The Morgan fingerprint density at radius 2 is 2.38 bits per heavy atom. The number of aromatic amines is 1. The Hall–Kier alpha value is -3.21. The largest absolute Gasteiger partial charge is 0.360 e. The predicted octanol–water partition coefficient (Wildman–Crippen LogP) is 0.728. The van der Waals surface area contributed by atoms with Crippen molar-refractivity contribution in [3.8, 4) is 6.07 Å². The predicted molar refractivity (Wildman–Crippen MR) is 73.7 cm³/mol. The molecule has 21 heavy (non-hydrogen) atoms. The van der Waals surface area contributed by atoms with E-state index in [-0.39, 0.29) is 17.3 Å². The SMILES string of the molecule is Cc1ccc2c(c1NC=C(C#N)c1nn[nH]n1)CNC2=O. The fourth-order valence-electron chi connectivity index (χ4n) is 2.19. The van der Waals surface area contributed by atoms with Gasteiger partial charge < -0.3 is 10.6 Å². The van der Waals surface area contributed by atoms with E-state index in [0.717, 1.165) is 16.8 Å². The lowest BCUT2D eigenvalue weighted by Crippen LogP contribution is -2.12. The summed E-state index contributed by atoms with van der Waals surface area (Å²) in [6.45, 7) is 2.40. The average molecular weight is 281 g/mol. The third kappa shape index (κ3) is 2.21. The van der Waals surface area contributed by atoms with Crippen LogP contribution in [0, 0.1) is 18.3 Å². The molecule has 0 bridgehead atoms. The summed E-state index contributed by atoms with van der Waals surface area (Å²) in [4.78, 5) is 11.7. The van der Waals surface area contributed by atoms with Crippen molar-refractivity contribution in [1.82, 2.24) is 25.9 Å². The number of amides is 1. The number of nitrogens with zero attached hydrogens (tertiary/aromatic N) is 4. The molecule has 1 aliphatic rings. The van der Waals surface area contributed by atoms with Gasteiger partial charge >= 0.3 is 0 Å². The number of hydrogen-bond donors (Lipinski definition) is 3. The van der Waals surface area contributed by atoms with Crippen LogP contribution < -0.4 is 10.6 Å². The first-order valence-electron chi connectivity index (χ1n) is 6.22. The van der Waals surface area contributed by atoms with E-state index in [0.29, 0.717) is 12.1 Å². The van der Waals surface area contributed by atoms with Crippen LogP contribution in [0.15, 0.2) is 18.3 Å². The second kappa shape index (κ2) is 5.05. The van der Waals surface area contributed by atoms with Crippen molar-refractivity contribution in [1.29, 1.82) is 5.26 Å². The molecule has 2 heterocycles. The molecule has 0 unspecified atom stereocenters. The van der Waals surface area contributed by atoms with Gasteiger partial charge in [-0.05, 0) is 23.8 Å². The zero-order chi connectivity index (χ0) is 14.8. The lowest BCUT2D eigenvalue weighted by atomic mass is 10.0. The molecule has 0 saturated carbocycles. The number of benzene rings is 1. The highest BCUT2D eigenvalue weighted by Crippen LogP contribution is 2.28. The molecule has 0 fully saturated rings. The van der Waals surface area contributed by atoms with Crippen molar-refractivity contribution < 1.29 is 4.79 Å². The summed E-state index contributed by atoms with van der Waals surface area (Å²) in [7, 11) is 0. The lowest BCUT2D eigenvalue weighted by molar-refractivity contribution is 0.0966. The second-order valence-electron chi connectivity index (χ2n) is 4.52. The van der Waals surface area contributed by atoms with Crippen LogP contribution in [-0.4, -0.2) is 26.5 Å². The summed E-state index contributed by atoms with van der Waals surface area (Å²) in [6.07, 6.45) is 1.51. The first-order valence-corrected chi connectivity index (χ1v) is 6.22. The average Bonchev–Trinajstić information content (AvgIpc) is 3.12. The molecule has 0 spiro atoms. The number of aryl methyl sites for hydroxylation is 1. The second-order valence-corrected chi connectivity index (χ2v) is 4.52. The quantitative estimate of drug-likeness (QED) is 0.713. The van der Waals surface area contributed by atoms with Gasteiger partial charge in [-0.3, -0.25) is 4.79 Å². The number of fused-ring (bicyclic) bond motifs is 1. The monoisotopic (exact) mass is 281 g/mol. The van der Waals surface area contributed by atoms with Gasteiger partial charge in [-0.15, -0.1) is 10.2 Å². The number of nitrogens with one attached hydrogen (secondary N) is 3. The molecular weight excluding hydrogens is 270 g/mol. The number of H-pyrrole nitrogens is 1. The number of anilines is 1. The van der Waals surface area contributed by atoms with Gasteiger partial charge in [-0.2, -0.15) is 10.5 Å². The molecule has 1 aromatic heterocycles. The number of carbonyl (C=O) groups excluding carboxylic acids is 1. The normalized spacial score (nSPS) is 13.5. The lowest BCUT2D eigenvalue weighted by Gasteiger charge is -2.10. The Bertz CT molecular complexity index is 771. The van der Waals surface area contributed by atoms with E-state index in [4.69, 9.17) is 5.26 Å². The van der Waals surface area contributed by atoms with Crippen molar-refractivity contribution in [3.63, 3.8) is 0 Å². The van der Waals surface area contributed by atoms with Gasteiger partial charge in [0.05, 0.1) is 0 Å². The topological polar surface area (TPSA) is 119 Å². The highest BCUT2D eigenvalue weighted by molar-refractivity contribution is 6.00. The fraction of sp³-hybridized carbons (Fsp3) is 0.154. The highest BCUT2D eigenvalue weighted by atomic mass is 16.1. The van der Waals surface area contributed by atoms with Crippen LogP contribution >= 0.6 is 0 Å². The molecule has 8 nitrogen and oxygen atoms in total. The molecule has 1 amide bonds. The molecule has 0 radical (unpaired) electrons. The van der Waals surface area contributed by atoms with Crippen LogP contribution in [0.5, 0.6) is 0 Å². The minimum atomic E-state index is -0.0873. The zero-order valence-corrected chi connectivity index (χ0v) is 11.1. The minimum Gasteiger partial charge on any atom is -0.360 e. The maximum atomic E-state index is 11.7. The van der Waals surface area contributed by atoms with Crippen molar-refractivity contribution in [2.24, 2.45) is 0 Å². The number of nitriles is 1. The molecule has 1 aliphatic heterocycles. The van der Waals surface area contributed by atoms with Crippen LogP contribution in [0.4, 0.5) is 5.69 Å². The molecule has 1 aromatic carbocycles. The minimum absolute atomic E-state index is 0.0873. The maximum Gasteiger partial charge on any atom is 0.251 e. The number of aromatic nitrogens is 4. The Labute approximate surface area is 119 Å². The number of allylic oxidation sites excluding steroid dienone is 1. The summed E-state index contributed by atoms with van der Waals surface area (Å²) in [5, 5.41) is 28.2. The van der Waals surface area contributed by atoms with Gasteiger partial charge in [0, 0.05) is 29.6 Å². The number of rotatable bonds is 3. The fourth-order valence-corrected chi connectivity index (χ4v) is 2.19. The van der Waals surface area contributed by atoms with E-state index in [1.807, 2.05) is 19.1 Å². The van der Waals surface area contributed by atoms with Gasteiger partial charge in [0.1, 0.15) is 11.6 Å². The highest BCUT2D eigenvalue weighted by Gasteiger charge is 2.22. The Morgan fingerprint density at radius 3 is 3.10 bits per heavy atom. The Kier molecular flexibility index (Phi) is 3.08. The van der Waals surface area contributed by atoms with Crippen molar-refractivity contribution in [2.75, 3.05) is 5.32 Å². The van der Waals surface area contributed by atoms with Crippen LogP contribution in [0.3, 0.4) is 0 Å². The Morgan fingerprint density at radius 1 is 1.52 bits per heavy atom. The first-order chi connectivity index (χ1) is 10.2. The third-order valence-electron chi connectivity index (χ3n) is 3.26. The number of hydrogen-bond acceptors (Lipinski definition) is 6. The molecule has 0 saturated heterocycles. The van der Waals surface area contributed by atoms with Gasteiger partial charge in [0.15, 0.2) is 0 Å². The summed E-state index contributed by atoms with van der Waals surface area (Å²) in [6, 6.07) is 5.66. The summed E-state index contributed by atoms with van der Waals surface area (Å²) in [5.74, 6) is 0.125. The van der Waals surface area contributed by atoms with Gasteiger partial charge in [0.25, 0.3) is 5.91 Å². The van der Waals surface area contributed by atoms with E-state index in [9.17, 15) is 4.79 Å². The van der Waals surface area contributed by atoms with E-state index in [2.05, 4.69) is 31.3 Å². The molecule has 0 aliphatic carbocycles. The molecule has 2 aromatic rings.